The quantitative estimate of drug-likeness (QED) is 0.784. The summed E-state index contributed by atoms with van der Waals surface area (Å²) in [5, 5.41) is 9.77. The molecule has 0 amide bonds. The molecule has 3 rings (SSSR count). The Labute approximate surface area is 145 Å². The molecule has 1 fully saturated rings. The van der Waals surface area contributed by atoms with Gasteiger partial charge in [0, 0.05) is 23.0 Å². The molecule has 1 unspecified atom stereocenters. The molecule has 1 aliphatic heterocycles. The van der Waals surface area contributed by atoms with Crippen molar-refractivity contribution in [3.63, 3.8) is 0 Å². The van der Waals surface area contributed by atoms with Crippen molar-refractivity contribution in [3.8, 4) is 5.75 Å². The highest BCUT2D eigenvalue weighted by atomic mass is 32.2. The highest BCUT2D eigenvalue weighted by molar-refractivity contribution is 7.92. The van der Waals surface area contributed by atoms with Crippen LogP contribution in [0.25, 0.3) is 0 Å². The summed E-state index contributed by atoms with van der Waals surface area (Å²) in [7, 11) is -5.91. The lowest BCUT2D eigenvalue weighted by Crippen LogP contribution is -2.44. The molecule has 0 aromatic heterocycles. The number of aliphatic hydroxyl groups is 1. The van der Waals surface area contributed by atoms with Crippen LogP contribution in [0, 0.1) is 5.41 Å². The summed E-state index contributed by atoms with van der Waals surface area (Å²) in [4.78, 5) is -1.38. The van der Waals surface area contributed by atoms with Gasteiger partial charge in [-0.1, -0.05) is 6.92 Å². The van der Waals surface area contributed by atoms with Gasteiger partial charge in [0.15, 0.2) is 0 Å². The first kappa shape index (κ1) is 19.3. The molecule has 0 radical (unpaired) electrons. The minimum absolute atomic E-state index is 0.0481. The van der Waals surface area contributed by atoms with Gasteiger partial charge in [-0.25, -0.2) is 17.2 Å². The molecule has 146 valence electrons. The molecular formula is C15H15F5O5S. The summed E-state index contributed by atoms with van der Waals surface area (Å²) in [6.45, 7) is 2.60. The summed E-state index contributed by atoms with van der Waals surface area (Å²) < 4.78 is 100. The van der Waals surface area contributed by atoms with E-state index in [9.17, 15) is 35.5 Å². The fourth-order valence-electron chi connectivity index (χ4n) is 2.93. The fourth-order valence-corrected chi connectivity index (χ4v) is 3.95. The summed E-state index contributed by atoms with van der Waals surface area (Å²) >= 11 is 0. The van der Waals surface area contributed by atoms with E-state index in [4.69, 9.17) is 9.47 Å². The standard InChI is InChI=1S/C15H15F5O5S/c1-13(5-24-6-13)7-25-9-2-3-10(26(22,23)15(18,19)20)11-8(9)4-14(16,17)12(11)21/h2-3,12,21H,4-7H2,1H3. The predicted molar refractivity (Wildman–Crippen MR) is 77.7 cm³/mol. The number of hydrogen-bond donors (Lipinski definition) is 1. The molecule has 1 aromatic rings. The van der Waals surface area contributed by atoms with E-state index in [1.807, 2.05) is 6.92 Å². The Bertz CT molecular complexity index is 830. The number of rotatable bonds is 4. The molecule has 0 saturated carbocycles. The summed E-state index contributed by atoms with van der Waals surface area (Å²) in [6, 6.07) is 1.45. The van der Waals surface area contributed by atoms with Crippen LogP contribution < -0.4 is 4.74 Å². The van der Waals surface area contributed by atoms with Crippen molar-refractivity contribution in [1.29, 1.82) is 0 Å². The van der Waals surface area contributed by atoms with Gasteiger partial charge in [-0.05, 0) is 12.1 Å². The Balaban J connectivity index is 2.07. The van der Waals surface area contributed by atoms with Gasteiger partial charge in [0.2, 0.25) is 0 Å². The molecule has 11 heteroatoms. The molecule has 1 saturated heterocycles. The third-order valence-electron chi connectivity index (χ3n) is 4.43. The highest BCUT2D eigenvalue weighted by Gasteiger charge is 2.55. The SMILES string of the molecule is CC1(COc2ccc(S(=O)(=O)C(F)(F)F)c3c2CC(F)(F)C3O)COC1. The number of aliphatic hydroxyl groups excluding tert-OH is 1. The zero-order valence-electron chi connectivity index (χ0n) is 13.4. The first-order valence-electron chi connectivity index (χ1n) is 7.52. The Morgan fingerprint density at radius 3 is 2.42 bits per heavy atom. The topological polar surface area (TPSA) is 72.8 Å². The van der Waals surface area contributed by atoms with Gasteiger partial charge in [0.05, 0.1) is 24.7 Å². The lowest BCUT2D eigenvalue weighted by molar-refractivity contribution is -0.120. The number of halogens is 5. The third kappa shape index (κ3) is 2.95. The molecule has 26 heavy (non-hydrogen) atoms. The maximum absolute atomic E-state index is 13.9. The maximum atomic E-state index is 13.9. The minimum atomic E-state index is -5.91. The van der Waals surface area contributed by atoms with E-state index in [2.05, 4.69) is 0 Å². The van der Waals surface area contributed by atoms with Crippen LogP contribution in [-0.2, 0) is 21.0 Å². The lowest BCUT2D eigenvalue weighted by Gasteiger charge is -2.37. The summed E-state index contributed by atoms with van der Waals surface area (Å²) in [5.74, 6) is -3.98. The molecule has 1 N–H and O–H groups in total. The fraction of sp³-hybridized carbons (Fsp3) is 0.600. The van der Waals surface area contributed by atoms with Gasteiger partial charge in [-0.15, -0.1) is 0 Å². The van der Waals surface area contributed by atoms with E-state index in [0.29, 0.717) is 19.3 Å². The van der Waals surface area contributed by atoms with Gasteiger partial charge in [-0.2, -0.15) is 13.2 Å². The second kappa shape index (κ2) is 5.77. The second-order valence-electron chi connectivity index (χ2n) is 6.84. The van der Waals surface area contributed by atoms with Crippen LogP contribution in [0.1, 0.15) is 24.2 Å². The number of ether oxygens (including phenoxy) is 2. The number of hydrogen-bond acceptors (Lipinski definition) is 5. The van der Waals surface area contributed by atoms with Crippen LogP contribution in [0.3, 0.4) is 0 Å². The zero-order chi connectivity index (χ0) is 19.5. The Morgan fingerprint density at radius 1 is 1.31 bits per heavy atom. The van der Waals surface area contributed by atoms with Crippen molar-refractivity contribution < 1.29 is 45.0 Å². The molecule has 0 bridgehead atoms. The van der Waals surface area contributed by atoms with Crippen molar-refractivity contribution in [2.75, 3.05) is 19.8 Å². The van der Waals surface area contributed by atoms with E-state index in [1.54, 1.807) is 0 Å². The van der Waals surface area contributed by atoms with Crippen LogP contribution in [-0.4, -0.2) is 44.8 Å². The normalized spacial score (nSPS) is 24.0. The monoisotopic (exact) mass is 402 g/mol. The first-order valence-corrected chi connectivity index (χ1v) is 9.00. The smallest absolute Gasteiger partial charge is 0.493 e. The van der Waals surface area contributed by atoms with Crippen LogP contribution in [0.15, 0.2) is 17.0 Å². The molecule has 1 aliphatic carbocycles. The summed E-state index contributed by atoms with van der Waals surface area (Å²) in [6.07, 6.45) is -3.79. The number of benzene rings is 1. The van der Waals surface area contributed by atoms with E-state index >= 15 is 0 Å². The van der Waals surface area contributed by atoms with Gasteiger partial charge in [0.1, 0.15) is 11.9 Å². The van der Waals surface area contributed by atoms with Gasteiger partial charge in [-0.3, -0.25) is 0 Å². The van der Waals surface area contributed by atoms with E-state index < -0.39 is 49.8 Å². The van der Waals surface area contributed by atoms with Gasteiger partial charge < -0.3 is 14.6 Å². The first-order chi connectivity index (χ1) is 11.8. The van der Waals surface area contributed by atoms with Crippen LogP contribution in [0.5, 0.6) is 5.75 Å². The molecular weight excluding hydrogens is 387 g/mol. The molecule has 2 aliphatic rings. The average molecular weight is 402 g/mol. The third-order valence-corrected chi connectivity index (χ3v) is 5.98. The predicted octanol–water partition coefficient (Wildman–Crippen LogP) is 2.62. The zero-order valence-corrected chi connectivity index (χ0v) is 14.3. The minimum Gasteiger partial charge on any atom is -0.493 e. The molecule has 1 atom stereocenters. The van der Waals surface area contributed by atoms with E-state index in [0.717, 1.165) is 6.07 Å². The van der Waals surface area contributed by atoms with Crippen molar-refractivity contribution in [3.05, 3.63) is 23.3 Å². The van der Waals surface area contributed by atoms with Crippen molar-refractivity contribution in [2.24, 2.45) is 5.41 Å². The number of sulfone groups is 1. The van der Waals surface area contributed by atoms with Crippen LogP contribution in [0.2, 0.25) is 0 Å². The number of fused-ring (bicyclic) bond motifs is 1. The average Bonchev–Trinajstić information content (AvgIpc) is 2.72. The van der Waals surface area contributed by atoms with Crippen LogP contribution >= 0.6 is 0 Å². The Morgan fingerprint density at radius 2 is 1.92 bits per heavy atom. The van der Waals surface area contributed by atoms with Crippen molar-refractivity contribution in [2.45, 2.75) is 35.8 Å². The van der Waals surface area contributed by atoms with E-state index in [1.165, 1.54) is 0 Å². The Kier molecular flexibility index (Phi) is 4.28. The van der Waals surface area contributed by atoms with Gasteiger partial charge >= 0.3 is 5.51 Å². The van der Waals surface area contributed by atoms with E-state index in [-0.39, 0.29) is 17.8 Å². The van der Waals surface area contributed by atoms with Crippen LogP contribution in [0.4, 0.5) is 22.0 Å². The highest BCUT2D eigenvalue weighted by Crippen LogP contribution is 2.50. The number of alkyl halides is 5. The van der Waals surface area contributed by atoms with Crippen molar-refractivity contribution >= 4 is 9.84 Å². The molecule has 0 spiro atoms. The molecule has 1 aromatic carbocycles. The maximum Gasteiger partial charge on any atom is 0.501 e. The van der Waals surface area contributed by atoms with Gasteiger partial charge in [0.25, 0.3) is 15.8 Å². The Hall–Kier alpha value is -1.46. The summed E-state index contributed by atoms with van der Waals surface area (Å²) in [5.41, 5.74) is -7.45. The largest absolute Gasteiger partial charge is 0.501 e. The van der Waals surface area contributed by atoms with Crippen molar-refractivity contribution in [1.82, 2.24) is 0 Å². The lowest BCUT2D eigenvalue weighted by atomic mass is 9.90. The second-order valence-corrected chi connectivity index (χ2v) is 8.75. The molecule has 5 nitrogen and oxygen atoms in total. The molecule has 1 heterocycles.